The summed E-state index contributed by atoms with van der Waals surface area (Å²) in [5, 5.41) is 2.90. The van der Waals surface area contributed by atoms with Crippen LogP contribution in [0.3, 0.4) is 0 Å². The van der Waals surface area contributed by atoms with Crippen LogP contribution in [0.1, 0.15) is 18.4 Å². The minimum Gasteiger partial charge on any atom is -0.341 e. The molecule has 37 heavy (non-hydrogen) atoms. The number of piperidine rings is 1. The summed E-state index contributed by atoms with van der Waals surface area (Å²) in [5.74, 6) is -2.26. The van der Waals surface area contributed by atoms with Crippen LogP contribution in [0.15, 0.2) is 58.3 Å². The zero-order chi connectivity index (χ0) is 26.3. The number of urea groups is 1. The van der Waals surface area contributed by atoms with E-state index in [1.807, 2.05) is 24.3 Å². The fourth-order valence-corrected chi connectivity index (χ4v) is 4.96. The fourth-order valence-electron chi connectivity index (χ4n) is 4.96. The van der Waals surface area contributed by atoms with Crippen molar-refractivity contribution in [2.75, 3.05) is 18.4 Å². The molecule has 0 atom stereocenters. The highest BCUT2D eigenvalue weighted by atomic mass is 19.1. The summed E-state index contributed by atoms with van der Waals surface area (Å²) in [5.41, 5.74) is -0.699. The van der Waals surface area contributed by atoms with E-state index in [0.29, 0.717) is 32.5 Å². The van der Waals surface area contributed by atoms with Gasteiger partial charge in [0, 0.05) is 44.6 Å². The smallest absolute Gasteiger partial charge is 0.331 e. The number of amides is 3. The molecule has 9 nitrogen and oxygen atoms in total. The van der Waals surface area contributed by atoms with Crippen LogP contribution in [-0.2, 0) is 24.9 Å². The lowest BCUT2D eigenvalue weighted by Gasteiger charge is -2.40. The number of para-hydroxylation sites is 1. The number of carbonyl (C=O) groups is 2. The molecule has 3 heterocycles. The number of nitrogens with one attached hydrogen (secondary N) is 1. The quantitative estimate of drug-likeness (QED) is 0.585. The van der Waals surface area contributed by atoms with Gasteiger partial charge in [-0.15, -0.1) is 0 Å². The molecule has 0 saturated carbocycles. The van der Waals surface area contributed by atoms with E-state index < -0.39 is 35.0 Å². The second-order valence-electron chi connectivity index (χ2n) is 9.24. The van der Waals surface area contributed by atoms with Crippen molar-refractivity contribution in [3.8, 4) is 11.1 Å². The topological polar surface area (TPSA) is 96.7 Å². The number of carbonyl (C=O) groups excluding carboxylic acids is 2. The second-order valence-corrected chi connectivity index (χ2v) is 9.24. The molecule has 0 bridgehead atoms. The maximum atomic E-state index is 14.4. The van der Waals surface area contributed by atoms with E-state index in [4.69, 9.17) is 0 Å². The van der Waals surface area contributed by atoms with Gasteiger partial charge in [-0.2, -0.15) is 0 Å². The van der Waals surface area contributed by atoms with Crippen molar-refractivity contribution in [2.45, 2.75) is 32.0 Å². The van der Waals surface area contributed by atoms with E-state index in [-0.39, 0.29) is 23.5 Å². The molecule has 3 amide bonds. The van der Waals surface area contributed by atoms with Crippen molar-refractivity contribution in [1.29, 1.82) is 0 Å². The number of aromatic nitrogens is 2. The van der Waals surface area contributed by atoms with Gasteiger partial charge < -0.3 is 15.1 Å². The van der Waals surface area contributed by atoms with E-state index in [1.165, 1.54) is 13.1 Å². The van der Waals surface area contributed by atoms with Gasteiger partial charge in [0.1, 0.15) is 18.2 Å². The van der Waals surface area contributed by atoms with E-state index in [2.05, 4.69) is 5.32 Å². The summed E-state index contributed by atoms with van der Waals surface area (Å²) in [7, 11) is 1.20. The van der Waals surface area contributed by atoms with Crippen molar-refractivity contribution in [3.63, 3.8) is 0 Å². The first kappa shape index (κ1) is 24.4. The van der Waals surface area contributed by atoms with Crippen LogP contribution in [0.2, 0.25) is 0 Å². The summed E-state index contributed by atoms with van der Waals surface area (Å²) < 4.78 is 30.4. The van der Waals surface area contributed by atoms with Crippen LogP contribution in [-0.4, -0.2) is 50.0 Å². The number of benzene rings is 2. The highest BCUT2D eigenvalue weighted by Crippen LogP contribution is 2.28. The number of fused-ring (bicyclic) bond motifs is 1. The minimum absolute atomic E-state index is 0.0479. The molecule has 2 aromatic carbocycles. The normalized spacial score (nSPS) is 15.9. The monoisotopic (exact) mass is 509 g/mol. The third kappa shape index (κ3) is 4.52. The number of rotatable bonds is 4. The first-order valence-corrected chi connectivity index (χ1v) is 11.9. The maximum Gasteiger partial charge on any atom is 0.331 e. The number of halogens is 2. The lowest BCUT2D eigenvalue weighted by Crippen LogP contribution is -2.51. The van der Waals surface area contributed by atoms with Crippen LogP contribution < -0.4 is 16.6 Å². The predicted octanol–water partition coefficient (Wildman–Crippen LogP) is 2.53. The van der Waals surface area contributed by atoms with E-state index in [9.17, 15) is 28.0 Å². The van der Waals surface area contributed by atoms with Gasteiger partial charge >= 0.3 is 11.7 Å². The van der Waals surface area contributed by atoms with Crippen LogP contribution in [0.25, 0.3) is 11.1 Å². The number of anilines is 1. The number of hydrogen-bond acceptors (Lipinski definition) is 4. The average Bonchev–Trinajstić information content (AvgIpc) is 2.89. The molecule has 2 aliphatic heterocycles. The third-order valence-corrected chi connectivity index (χ3v) is 7.01. The molecule has 0 spiro atoms. The first-order chi connectivity index (χ1) is 17.7. The predicted molar refractivity (Wildman–Crippen MR) is 132 cm³/mol. The molecule has 2 aliphatic rings. The molecule has 192 valence electrons. The molecule has 1 fully saturated rings. The van der Waals surface area contributed by atoms with E-state index in [0.717, 1.165) is 38.7 Å². The van der Waals surface area contributed by atoms with Crippen LogP contribution in [0, 0.1) is 11.6 Å². The third-order valence-electron chi connectivity index (χ3n) is 7.01. The van der Waals surface area contributed by atoms with Crippen molar-refractivity contribution in [2.24, 2.45) is 7.05 Å². The van der Waals surface area contributed by atoms with E-state index in [1.54, 1.807) is 9.80 Å². The summed E-state index contributed by atoms with van der Waals surface area (Å²) >= 11 is 0. The Morgan fingerprint density at radius 3 is 2.38 bits per heavy atom. The maximum absolute atomic E-state index is 14.4. The lowest BCUT2D eigenvalue weighted by molar-refractivity contribution is -0.133. The second kappa shape index (κ2) is 9.64. The van der Waals surface area contributed by atoms with Gasteiger partial charge in [-0.1, -0.05) is 24.3 Å². The zero-order valence-electron chi connectivity index (χ0n) is 20.1. The van der Waals surface area contributed by atoms with Crippen molar-refractivity contribution >= 4 is 17.6 Å². The molecule has 3 aromatic rings. The summed E-state index contributed by atoms with van der Waals surface area (Å²) in [4.78, 5) is 54.3. The Balaban J connectivity index is 1.30. The van der Waals surface area contributed by atoms with Crippen LogP contribution >= 0.6 is 0 Å². The number of nitrogens with zero attached hydrogens (tertiary/aromatic N) is 4. The zero-order valence-corrected chi connectivity index (χ0v) is 20.1. The van der Waals surface area contributed by atoms with Gasteiger partial charge in [0.2, 0.25) is 5.91 Å². The molecule has 0 aliphatic carbocycles. The molecular weight excluding hydrogens is 484 g/mol. The molecule has 11 heteroatoms. The Labute approximate surface area is 210 Å². The Morgan fingerprint density at radius 2 is 1.68 bits per heavy atom. The molecule has 0 unspecified atom stereocenters. The van der Waals surface area contributed by atoms with Crippen molar-refractivity contribution in [3.05, 3.63) is 86.7 Å². The van der Waals surface area contributed by atoms with Gasteiger partial charge in [0.15, 0.2) is 0 Å². The molecule has 1 saturated heterocycles. The molecular formula is C26H25F2N5O4. The van der Waals surface area contributed by atoms with Gasteiger partial charge in [-0.05, 0) is 36.6 Å². The first-order valence-electron chi connectivity index (χ1n) is 11.9. The molecule has 1 N–H and O–H groups in total. The van der Waals surface area contributed by atoms with Gasteiger partial charge in [0.05, 0.1) is 11.1 Å². The fraction of sp³-hybridized carbons (Fsp3) is 0.308. The summed E-state index contributed by atoms with van der Waals surface area (Å²) in [6.45, 7) is 0.857. The lowest BCUT2D eigenvalue weighted by atomic mass is 10.0. The molecule has 5 rings (SSSR count). The number of likely N-dealkylation sites (tertiary alicyclic amines) is 1. The molecule has 0 radical (unpaired) electrons. The van der Waals surface area contributed by atoms with Crippen molar-refractivity contribution in [1.82, 2.24) is 18.9 Å². The van der Waals surface area contributed by atoms with Crippen LogP contribution in [0.4, 0.5) is 19.3 Å². The molecule has 1 aromatic heterocycles. The Bertz CT molecular complexity index is 1490. The van der Waals surface area contributed by atoms with Crippen LogP contribution in [0.5, 0.6) is 0 Å². The SMILES string of the molecule is Cn1c(=O)c(-c2c(F)cccc2F)cn(CC(=O)N2CCC(N3Cc4ccccc4NC3=O)CC2)c1=O. The highest BCUT2D eigenvalue weighted by molar-refractivity contribution is 5.92. The highest BCUT2D eigenvalue weighted by Gasteiger charge is 2.32. The number of hydrogen-bond donors (Lipinski definition) is 1. The van der Waals surface area contributed by atoms with E-state index >= 15 is 0 Å². The van der Waals surface area contributed by atoms with Gasteiger partial charge in [-0.3, -0.25) is 18.7 Å². The Hall–Kier alpha value is -4.28. The summed E-state index contributed by atoms with van der Waals surface area (Å²) in [6.07, 6.45) is 2.16. The average molecular weight is 510 g/mol. The van der Waals surface area contributed by atoms with Gasteiger partial charge in [-0.25, -0.2) is 18.4 Å². The Kier molecular flexibility index (Phi) is 6.36. The standard InChI is InChI=1S/C26H25F2N5O4/c1-30-24(35)18(23-19(27)6-4-7-20(23)28)14-32(26(30)37)15-22(34)31-11-9-17(10-12-31)33-13-16-5-2-3-8-21(16)29-25(33)36/h2-8,14,17H,9-13,15H2,1H3,(H,29,36). The largest absolute Gasteiger partial charge is 0.341 e. The van der Waals surface area contributed by atoms with Gasteiger partial charge in [0.25, 0.3) is 5.56 Å². The van der Waals surface area contributed by atoms with Crippen molar-refractivity contribution < 1.29 is 18.4 Å². The Morgan fingerprint density at radius 1 is 1.00 bits per heavy atom. The summed E-state index contributed by atoms with van der Waals surface area (Å²) in [6, 6.07) is 10.6. The minimum atomic E-state index is -0.944.